The highest BCUT2D eigenvalue weighted by Crippen LogP contribution is 2.44. The molecule has 5 nitrogen and oxygen atoms in total. The molecule has 2 aromatic carbocycles. The predicted molar refractivity (Wildman–Crippen MR) is 114 cm³/mol. The van der Waals surface area contributed by atoms with Gasteiger partial charge in [-0.15, -0.1) is 23.1 Å². The highest BCUT2D eigenvalue weighted by molar-refractivity contribution is 8.01. The Hall–Kier alpha value is -2.01. The summed E-state index contributed by atoms with van der Waals surface area (Å²) in [5.41, 5.74) is -0.140. The number of halogens is 5. The van der Waals surface area contributed by atoms with Crippen molar-refractivity contribution in [2.24, 2.45) is 0 Å². The molecule has 2 heterocycles. The summed E-state index contributed by atoms with van der Waals surface area (Å²) in [5, 5.41) is 9.16. The second-order valence-corrected chi connectivity index (χ2v) is 9.77. The largest absolute Gasteiger partial charge is 0.481 e. The number of amides is 1. The van der Waals surface area contributed by atoms with Crippen LogP contribution >= 0.6 is 46.3 Å². The van der Waals surface area contributed by atoms with Gasteiger partial charge < -0.3 is 10.0 Å². The van der Waals surface area contributed by atoms with Crippen molar-refractivity contribution in [3.8, 4) is 0 Å². The number of alkyl halides is 3. The van der Waals surface area contributed by atoms with Crippen molar-refractivity contribution in [3.05, 3.63) is 50.9 Å². The van der Waals surface area contributed by atoms with Gasteiger partial charge in [0.05, 0.1) is 44.2 Å². The van der Waals surface area contributed by atoms with E-state index in [-0.39, 0.29) is 22.2 Å². The average Bonchev–Trinajstić information content (AvgIpc) is 3.10. The molecule has 0 spiro atoms. The minimum atomic E-state index is -4.56. The lowest BCUT2D eigenvalue weighted by Crippen LogP contribution is -2.41. The number of aliphatic carboxylic acids is 1. The number of carbonyl (C=O) groups excluding carboxylic acids is 1. The Morgan fingerprint density at radius 3 is 2.65 bits per heavy atom. The van der Waals surface area contributed by atoms with Crippen molar-refractivity contribution in [2.75, 3.05) is 4.90 Å². The number of benzene rings is 2. The van der Waals surface area contributed by atoms with Crippen LogP contribution in [-0.2, 0) is 22.3 Å². The lowest BCUT2D eigenvalue weighted by molar-refractivity contribution is -0.139. The van der Waals surface area contributed by atoms with Crippen molar-refractivity contribution >= 4 is 74.1 Å². The summed E-state index contributed by atoms with van der Waals surface area (Å²) in [7, 11) is 0. The molecule has 0 radical (unpaired) electrons. The van der Waals surface area contributed by atoms with Gasteiger partial charge in [0.1, 0.15) is 10.5 Å². The molecule has 162 valence electrons. The van der Waals surface area contributed by atoms with E-state index >= 15 is 0 Å². The number of anilines is 1. The van der Waals surface area contributed by atoms with Crippen LogP contribution in [0.3, 0.4) is 0 Å². The van der Waals surface area contributed by atoms with E-state index < -0.39 is 35.3 Å². The molecule has 1 aromatic heterocycles. The molecule has 31 heavy (non-hydrogen) atoms. The van der Waals surface area contributed by atoms with Gasteiger partial charge in [-0.25, -0.2) is 4.98 Å². The number of aromatic nitrogens is 1. The number of rotatable bonds is 4. The standard InChI is InChI=1S/C19H11Cl2F3N2O3S2/c20-9-2-4-11-17(16(9)21)25-14(31-11)7-26-10-3-1-8(19(22,23)24)5-12(10)30-13(18(26)29)6-15(27)28/h1-5,13H,6-7H2,(H,27,28). The van der Waals surface area contributed by atoms with Crippen molar-refractivity contribution in [1.29, 1.82) is 0 Å². The van der Waals surface area contributed by atoms with E-state index in [1.165, 1.54) is 22.3 Å². The Morgan fingerprint density at radius 2 is 1.97 bits per heavy atom. The molecule has 0 saturated heterocycles. The molecular weight excluding hydrogens is 496 g/mol. The lowest BCUT2D eigenvalue weighted by atomic mass is 10.1. The first kappa shape index (κ1) is 22.2. The molecule has 1 aliphatic heterocycles. The quantitative estimate of drug-likeness (QED) is 0.462. The van der Waals surface area contributed by atoms with Crippen LogP contribution in [0.2, 0.25) is 10.0 Å². The van der Waals surface area contributed by atoms with Gasteiger partial charge in [-0.05, 0) is 30.3 Å². The smallest absolute Gasteiger partial charge is 0.416 e. The van der Waals surface area contributed by atoms with Crippen LogP contribution in [0, 0.1) is 0 Å². The molecule has 1 unspecified atom stereocenters. The van der Waals surface area contributed by atoms with Crippen molar-refractivity contribution in [3.63, 3.8) is 0 Å². The van der Waals surface area contributed by atoms with E-state index in [0.717, 1.165) is 28.6 Å². The Balaban J connectivity index is 1.76. The zero-order valence-corrected chi connectivity index (χ0v) is 18.4. The minimum absolute atomic E-state index is 0.0405. The monoisotopic (exact) mass is 506 g/mol. The third-order valence-electron chi connectivity index (χ3n) is 4.54. The molecule has 12 heteroatoms. The molecule has 1 N–H and O–H groups in total. The number of hydrogen-bond donors (Lipinski definition) is 1. The van der Waals surface area contributed by atoms with Gasteiger partial charge >= 0.3 is 12.1 Å². The number of carboxylic acids is 1. The molecule has 3 aromatic rings. The normalized spacial score (nSPS) is 16.6. The Labute approximate surface area is 191 Å². The van der Waals surface area contributed by atoms with Crippen LogP contribution in [0.25, 0.3) is 10.2 Å². The molecule has 0 bridgehead atoms. The average molecular weight is 507 g/mol. The summed E-state index contributed by atoms with van der Waals surface area (Å²) in [6.45, 7) is -0.0405. The van der Waals surface area contributed by atoms with E-state index in [2.05, 4.69) is 4.98 Å². The van der Waals surface area contributed by atoms with E-state index in [4.69, 9.17) is 28.3 Å². The highest BCUT2D eigenvalue weighted by atomic mass is 35.5. The number of fused-ring (bicyclic) bond motifs is 2. The fourth-order valence-corrected chi connectivity index (χ4v) is 5.78. The zero-order chi connectivity index (χ0) is 22.5. The number of carboxylic acid groups (broad SMARTS) is 1. The Morgan fingerprint density at radius 1 is 1.23 bits per heavy atom. The maximum atomic E-state index is 13.2. The van der Waals surface area contributed by atoms with Crippen LogP contribution in [0.15, 0.2) is 35.2 Å². The highest BCUT2D eigenvalue weighted by Gasteiger charge is 2.38. The van der Waals surface area contributed by atoms with Gasteiger partial charge in [0, 0.05) is 4.90 Å². The van der Waals surface area contributed by atoms with Crippen molar-refractivity contribution in [1.82, 2.24) is 4.98 Å². The van der Waals surface area contributed by atoms with Crippen LogP contribution in [0.1, 0.15) is 17.0 Å². The van der Waals surface area contributed by atoms with Gasteiger partial charge in [0.2, 0.25) is 5.91 Å². The molecule has 1 aliphatic rings. The Kier molecular flexibility index (Phi) is 5.84. The van der Waals surface area contributed by atoms with E-state index in [0.29, 0.717) is 15.5 Å². The summed E-state index contributed by atoms with van der Waals surface area (Å²) in [6, 6.07) is 6.40. The third kappa shape index (κ3) is 4.34. The van der Waals surface area contributed by atoms with Crippen LogP contribution in [-0.4, -0.2) is 27.2 Å². The van der Waals surface area contributed by atoms with Gasteiger partial charge in [-0.3, -0.25) is 9.59 Å². The number of carbonyl (C=O) groups is 2. The predicted octanol–water partition coefficient (Wildman–Crippen LogP) is 6.10. The lowest BCUT2D eigenvalue weighted by Gasteiger charge is -2.33. The fourth-order valence-electron chi connectivity index (χ4n) is 3.14. The first-order valence-electron chi connectivity index (χ1n) is 8.69. The molecule has 1 atom stereocenters. The zero-order valence-electron chi connectivity index (χ0n) is 15.2. The SMILES string of the molecule is O=C(O)CC1Sc2cc(C(F)(F)F)ccc2N(Cc2nc3c(Cl)c(Cl)ccc3s2)C1=O. The van der Waals surface area contributed by atoms with Crippen LogP contribution in [0.4, 0.5) is 18.9 Å². The van der Waals surface area contributed by atoms with Crippen molar-refractivity contribution < 1.29 is 27.9 Å². The molecular formula is C19H11Cl2F3N2O3S2. The van der Waals surface area contributed by atoms with E-state index in [9.17, 15) is 22.8 Å². The fraction of sp³-hybridized carbons (Fsp3) is 0.211. The van der Waals surface area contributed by atoms with Gasteiger partial charge in [0.25, 0.3) is 0 Å². The third-order valence-corrected chi connectivity index (χ3v) is 7.57. The van der Waals surface area contributed by atoms with Gasteiger partial charge in [-0.1, -0.05) is 23.2 Å². The van der Waals surface area contributed by atoms with E-state index in [1.54, 1.807) is 12.1 Å². The maximum Gasteiger partial charge on any atom is 0.416 e. The van der Waals surface area contributed by atoms with E-state index in [1.807, 2.05) is 0 Å². The Bertz CT molecular complexity index is 1220. The number of nitrogens with zero attached hydrogens (tertiary/aromatic N) is 2. The molecule has 4 rings (SSSR count). The van der Waals surface area contributed by atoms with Gasteiger partial charge in [-0.2, -0.15) is 13.2 Å². The number of thiazole rings is 1. The minimum Gasteiger partial charge on any atom is -0.481 e. The van der Waals surface area contributed by atoms with Crippen LogP contribution in [0.5, 0.6) is 0 Å². The molecule has 1 amide bonds. The first-order valence-corrected chi connectivity index (χ1v) is 11.1. The summed E-state index contributed by atoms with van der Waals surface area (Å²) >= 11 is 14.3. The summed E-state index contributed by atoms with van der Waals surface area (Å²) in [4.78, 5) is 30.1. The molecule has 0 saturated carbocycles. The molecule has 0 aliphatic carbocycles. The van der Waals surface area contributed by atoms with Gasteiger partial charge in [0.15, 0.2) is 0 Å². The van der Waals surface area contributed by atoms with Crippen LogP contribution < -0.4 is 4.90 Å². The number of hydrogen-bond acceptors (Lipinski definition) is 5. The number of thioether (sulfide) groups is 1. The summed E-state index contributed by atoms with van der Waals surface area (Å²) in [5.74, 6) is -1.73. The maximum absolute atomic E-state index is 13.2. The summed E-state index contributed by atoms with van der Waals surface area (Å²) < 4.78 is 40.2. The molecule has 0 fully saturated rings. The second-order valence-electron chi connectivity index (χ2n) is 6.62. The topological polar surface area (TPSA) is 70.5 Å². The summed E-state index contributed by atoms with van der Waals surface area (Å²) in [6.07, 6.45) is -5.08. The first-order chi connectivity index (χ1) is 14.5. The van der Waals surface area contributed by atoms with Crippen molar-refractivity contribution in [2.45, 2.75) is 29.3 Å². The second kappa shape index (κ2) is 8.16.